The normalized spacial score (nSPS) is 10.7. The molecule has 0 fully saturated rings. The number of hydrogen-bond donors (Lipinski definition) is 2. The molecule has 9 heteroatoms. The molecule has 4 aromatic carbocycles. The number of fused-ring (bicyclic) bond motifs is 1. The maximum atomic E-state index is 13.5. The maximum Gasteiger partial charge on any atom is 0.239 e. The van der Waals surface area contributed by atoms with Crippen LogP contribution in [0.5, 0.6) is 51.7 Å². The number of aromatic hydroxyl groups is 2. The topological polar surface area (TPSA) is 117 Å². The second kappa shape index (κ2) is 10.6. The first-order valence-corrected chi connectivity index (χ1v) is 11.8. The molecule has 0 saturated heterocycles. The van der Waals surface area contributed by atoms with Gasteiger partial charge >= 0.3 is 0 Å². The summed E-state index contributed by atoms with van der Waals surface area (Å²) in [5.41, 5.74) is -0.459. The molecule has 0 aliphatic carbocycles. The fraction of sp³-hybridized carbons (Fsp3) is 0.100. The van der Waals surface area contributed by atoms with Crippen LogP contribution in [0.3, 0.4) is 0 Å². The van der Waals surface area contributed by atoms with E-state index in [-0.39, 0.29) is 39.7 Å². The van der Waals surface area contributed by atoms with E-state index in [0.29, 0.717) is 22.8 Å². The minimum atomic E-state index is -0.712. The minimum absolute atomic E-state index is 0.00589. The molecule has 1 aromatic heterocycles. The third-order valence-electron chi connectivity index (χ3n) is 5.95. The summed E-state index contributed by atoms with van der Waals surface area (Å²) in [5.74, 6) is 0.169. The van der Waals surface area contributed by atoms with E-state index in [4.69, 9.17) is 28.1 Å². The van der Waals surface area contributed by atoms with Gasteiger partial charge in [0, 0.05) is 6.07 Å². The Bertz CT molecular complexity index is 1690. The summed E-state index contributed by atoms with van der Waals surface area (Å²) in [6.45, 7) is 0. The fourth-order valence-corrected chi connectivity index (χ4v) is 4.10. The minimum Gasteiger partial charge on any atom is -0.504 e. The number of hydrogen-bond acceptors (Lipinski definition) is 9. The number of benzene rings is 4. The van der Waals surface area contributed by atoms with Gasteiger partial charge in [-0.15, -0.1) is 0 Å². The molecule has 5 rings (SSSR count). The molecule has 0 unspecified atom stereocenters. The van der Waals surface area contributed by atoms with Gasteiger partial charge in [-0.1, -0.05) is 36.4 Å². The summed E-state index contributed by atoms with van der Waals surface area (Å²) in [7, 11) is 4.10. The van der Waals surface area contributed by atoms with Crippen molar-refractivity contribution in [2.45, 2.75) is 0 Å². The first-order valence-electron chi connectivity index (χ1n) is 11.8. The second-order valence-corrected chi connectivity index (χ2v) is 8.25. The molecule has 198 valence electrons. The molecule has 5 aromatic rings. The summed E-state index contributed by atoms with van der Waals surface area (Å²) in [6, 6.07) is 22.6. The summed E-state index contributed by atoms with van der Waals surface area (Å²) in [4.78, 5) is 13.5. The van der Waals surface area contributed by atoms with Crippen LogP contribution in [0.25, 0.3) is 22.3 Å². The van der Waals surface area contributed by atoms with Crippen molar-refractivity contribution in [1.29, 1.82) is 0 Å². The van der Waals surface area contributed by atoms with Crippen molar-refractivity contribution in [2.75, 3.05) is 21.3 Å². The number of ether oxygens (including phenoxy) is 5. The van der Waals surface area contributed by atoms with Crippen molar-refractivity contribution in [3.63, 3.8) is 0 Å². The van der Waals surface area contributed by atoms with E-state index in [0.717, 1.165) is 0 Å². The molecule has 0 amide bonds. The Balaban J connectivity index is 1.83. The summed E-state index contributed by atoms with van der Waals surface area (Å²) in [5, 5.41) is 20.5. The lowest BCUT2D eigenvalue weighted by atomic mass is 10.1. The number of para-hydroxylation sites is 2. The van der Waals surface area contributed by atoms with Gasteiger partial charge in [0.05, 0.1) is 26.9 Å². The third kappa shape index (κ3) is 4.61. The Morgan fingerprint density at radius 1 is 0.641 bits per heavy atom. The number of rotatable bonds is 8. The van der Waals surface area contributed by atoms with E-state index in [9.17, 15) is 15.0 Å². The highest BCUT2D eigenvalue weighted by atomic mass is 16.5. The average molecular weight is 529 g/mol. The van der Waals surface area contributed by atoms with Gasteiger partial charge in [0.15, 0.2) is 28.8 Å². The van der Waals surface area contributed by atoms with Crippen LogP contribution in [-0.4, -0.2) is 31.5 Å². The molecule has 0 bridgehead atoms. The lowest BCUT2D eigenvalue weighted by Gasteiger charge is -2.19. The van der Waals surface area contributed by atoms with E-state index < -0.39 is 16.9 Å². The van der Waals surface area contributed by atoms with Gasteiger partial charge in [0.25, 0.3) is 0 Å². The van der Waals surface area contributed by atoms with Crippen LogP contribution in [0.4, 0.5) is 0 Å². The molecule has 0 aliphatic heterocycles. The van der Waals surface area contributed by atoms with Crippen LogP contribution in [0.1, 0.15) is 0 Å². The van der Waals surface area contributed by atoms with Gasteiger partial charge < -0.3 is 38.3 Å². The van der Waals surface area contributed by atoms with Crippen molar-refractivity contribution in [1.82, 2.24) is 0 Å². The Morgan fingerprint density at radius 3 is 1.79 bits per heavy atom. The van der Waals surface area contributed by atoms with Gasteiger partial charge in [0.2, 0.25) is 22.7 Å². The molecule has 39 heavy (non-hydrogen) atoms. The van der Waals surface area contributed by atoms with E-state index in [1.165, 1.54) is 27.4 Å². The van der Waals surface area contributed by atoms with Crippen LogP contribution >= 0.6 is 0 Å². The molecule has 0 radical (unpaired) electrons. The average Bonchev–Trinajstić information content (AvgIpc) is 2.96. The van der Waals surface area contributed by atoms with Gasteiger partial charge in [-0.2, -0.15) is 0 Å². The Hall–Kier alpha value is -5.31. The highest BCUT2D eigenvalue weighted by Gasteiger charge is 2.28. The van der Waals surface area contributed by atoms with Crippen molar-refractivity contribution >= 4 is 11.0 Å². The number of methoxy groups -OCH3 is 3. The number of phenolic OH excluding ortho intramolecular Hbond substituents is 2. The lowest BCUT2D eigenvalue weighted by molar-refractivity contribution is 0.351. The molecule has 0 atom stereocenters. The smallest absolute Gasteiger partial charge is 0.239 e. The van der Waals surface area contributed by atoms with E-state index in [1.807, 2.05) is 36.4 Å². The first kappa shape index (κ1) is 25.3. The largest absolute Gasteiger partial charge is 0.504 e. The monoisotopic (exact) mass is 528 g/mol. The van der Waals surface area contributed by atoms with Crippen molar-refractivity contribution < 1.29 is 38.3 Å². The van der Waals surface area contributed by atoms with Crippen LogP contribution in [0, 0.1) is 0 Å². The lowest BCUT2D eigenvalue weighted by Crippen LogP contribution is -2.09. The van der Waals surface area contributed by atoms with Crippen LogP contribution < -0.4 is 29.1 Å². The zero-order valence-corrected chi connectivity index (χ0v) is 21.3. The Labute approximate surface area is 223 Å². The summed E-state index contributed by atoms with van der Waals surface area (Å²) in [6.07, 6.45) is 0. The predicted molar refractivity (Wildman–Crippen MR) is 144 cm³/mol. The third-order valence-corrected chi connectivity index (χ3v) is 5.95. The predicted octanol–water partition coefficient (Wildman–Crippen LogP) is 6.48. The standard InChI is InChI=1S/C30H24O9/c1-34-20-15-14-19(27(37-17-10-6-4-7-11-17)29(20)38-18-12-8-5-9-13-18)28-30(36-3)26(33)23-21(39-28)16-22(35-2)24(31)25(23)32/h4-16,31-32H,1-3H3. The van der Waals surface area contributed by atoms with Crippen LogP contribution in [0.15, 0.2) is 88.1 Å². The molecule has 0 saturated carbocycles. The molecule has 0 spiro atoms. The van der Waals surface area contributed by atoms with Crippen LogP contribution in [-0.2, 0) is 0 Å². The molecule has 2 N–H and O–H groups in total. The SMILES string of the molecule is COc1cc2oc(-c3ccc(OC)c(Oc4ccccc4)c3Oc3ccccc3)c(OC)c(=O)c2c(O)c1O. The quantitative estimate of drug-likeness (QED) is 0.218. The van der Waals surface area contributed by atoms with E-state index in [2.05, 4.69) is 0 Å². The Kier molecular flexibility index (Phi) is 6.88. The summed E-state index contributed by atoms with van der Waals surface area (Å²) >= 11 is 0. The van der Waals surface area contributed by atoms with Crippen molar-refractivity contribution in [3.8, 4) is 63.1 Å². The van der Waals surface area contributed by atoms with Gasteiger partial charge in [-0.05, 0) is 36.4 Å². The van der Waals surface area contributed by atoms with Crippen molar-refractivity contribution in [3.05, 3.63) is 89.1 Å². The zero-order valence-electron chi connectivity index (χ0n) is 21.3. The maximum absolute atomic E-state index is 13.5. The second-order valence-electron chi connectivity index (χ2n) is 8.25. The first-order chi connectivity index (χ1) is 19.0. The van der Waals surface area contributed by atoms with Gasteiger partial charge in [-0.3, -0.25) is 4.79 Å². The molecule has 1 heterocycles. The van der Waals surface area contributed by atoms with Gasteiger partial charge in [-0.25, -0.2) is 0 Å². The van der Waals surface area contributed by atoms with Gasteiger partial charge in [0.1, 0.15) is 22.5 Å². The van der Waals surface area contributed by atoms with E-state index >= 15 is 0 Å². The van der Waals surface area contributed by atoms with Crippen LogP contribution in [0.2, 0.25) is 0 Å². The highest BCUT2D eigenvalue weighted by Crippen LogP contribution is 2.51. The highest BCUT2D eigenvalue weighted by molar-refractivity contribution is 5.92. The van der Waals surface area contributed by atoms with E-state index in [1.54, 1.807) is 36.4 Å². The Morgan fingerprint density at radius 2 is 1.23 bits per heavy atom. The van der Waals surface area contributed by atoms with Crippen molar-refractivity contribution in [2.24, 2.45) is 0 Å². The zero-order chi connectivity index (χ0) is 27.5. The number of phenols is 2. The molecular formula is C30H24O9. The summed E-state index contributed by atoms with van der Waals surface area (Å²) < 4.78 is 34.8. The molecular weight excluding hydrogens is 504 g/mol. The molecule has 0 aliphatic rings. The molecule has 9 nitrogen and oxygen atoms in total. The fourth-order valence-electron chi connectivity index (χ4n) is 4.10.